The van der Waals surface area contributed by atoms with E-state index in [1.165, 1.54) is 13.2 Å². The molecule has 8 heteroatoms. The summed E-state index contributed by atoms with van der Waals surface area (Å²) in [4.78, 5) is 24.8. The van der Waals surface area contributed by atoms with Crippen molar-refractivity contribution in [3.63, 3.8) is 0 Å². The summed E-state index contributed by atoms with van der Waals surface area (Å²) in [6.07, 6.45) is 1.47. The average Bonchev–Trinajstić information content (AvgIpc) is 2.83. The van der Waals surface area contributed by atoms with E-state index in [2.05, 4.69) is 33.2 Å². The molecular formula is C26H22IN3O4. The highest BCUT2D eigenvalue weighted by Crippen LogP contribution is 2.34. The molecule has 2 amide bonds. The lowest BCUT2D eigenvalue weighted by Crippen LogP contribution is -2.20. The zero-order valence-electron chi connectivity index (χ0n) is 18.6. The van der Waals surface area contributed by atoms with Crippen molar-refractivity contribution in [2.45, 2.75) is 6.92 Å². The lowest BCUT2D eigenvalue weighted by atomic mass is 10.1. The second-order valence-corrected chi connectivity index (χ2v) is 8.39. The van der Waals surface area contributed by atoms with E-state index in [-0.39, 0.29) is 18.1 Å². The maximum atomic E-state index is 12.5. The van der Waals surface area contributed by atoms with Gasteiger partial charge in [0.05, 0.1) is 10.7 Å². The third-order valence-electron chi connectivity index (χ3n) is 4.64. The fourth-order valence-electron chi connectivity index (χ4n) is 2.97. The minimum Gasteiger partial charge on any atom is -0.493 e. The van der Waals surface area contributed by atoms with E-state index in [4.69, 9.17) is 9.47 Å². The molecule has 3 aromatic carbocycles. The van der Waals surface area contributed by atoms with Gasteiger partial charge in [0.2, 0.25) is 0 Å². The summed E-state index contributed by atoms with van der Waals surface area (Å²) in [6.45, 7) is 1.76. The van der Waals surface area contributed by atoms with Gasteiger partial charge in [-0.15, -0.1) is 0 Å². The number of carbonyl (C=O) groups is 2. The average molecular weight is 567 g/mol. The number of methoxy groups -OCH3 is 1. The van der Waals surface area contributed by atoms with Gasteiger partial charge in [-0.3, -0.25) is 9.59 Å². The van der Waals surface area contributed by atoms with Crippen LogP contribution in [0.4, 0.5) is 11.4 Å². The number of nitriles is 1. The molecule has 0 heterocycles. The third-order valence-corrected chi connectivity index (χ3v) is 5.44. The molecule has 0 aliphatic carbocycles. The number of para-hydroxylation sites is 1. The highest BCUT2D eigenvalue weighted by atomic mass is 127. The summed E-state index contributed by atoms with van der Waals surface area (Å²) in [6, 6.07) is 21.6. The molecule has 3 rings (SSSR count). The monoisotopic (exact) mass is 567 g/mol. The second-order valence-electron chi connectivity index (χ2n) is 7.23. The number of amides is 2. The van der Waals surface area contributed by atoms with Crippen molar-refractivity contribution in [1.29, 1.82) is 5.26 Å². The molecule has 0 spiro atoms. The number of nitrogens with zero attached hydrogens (tertiary/aromatic N) is 1. The van der Waals surface area contributed by atoms with Crippen molar-refractivity contribution >= 4 is 51.9 Å². The van der Waals surface area contributed by atoms with Gasteiger partial charge in [0.15, 0.2) is 18.1 Å². The second kappa shape index (κ2) is 11.9. The first-order valence-corrected chi connectivity index (χ1v) is 11.3. The first-order chi connectivity index (χ1) is 16.4. The van der Waals surface area contributed by atoms with Gasteiger partial charge in [0.25, 0.3) is 11.8 Å². The minimum absolute atomic E-state index is 0.0622. The normalized spacial score (nSPS) is 10.7. The van der Waals surface area contributed by atoms with Gasteiger partial charge in [-0.05, 0) is 77.6 Å². The summed E-state index contributed by atoms with van der Waals surface area (Å²) in [5.41, 5.74) is 2.89. The Labute approximate surface area is 211 Å². The van der Waals surface area contributed by atoms with Gasteiger partial charge in [0.1, 0.15) is 11.6 Å². The molecule has 0 atom stereocenters. The van der Waals surface area contributed by atoms with E-state index < -0.39 is 5.91 Å². The van der Waals surface area contributed by atoms with Crippen LogP contribution in [-0.4, -0.2) is 25.5 Å². The number of hydrogen-bond acceptors (Lipinski definition) is 5. The molecule has 0 saturated carbocycles. The lowest BCUT2D eigenvalue weighted by molar-refractivity contribution is -0.118. The predicted octanol–water partition coefficient (Wildman–Crippen LogP) is 5.17. The van der Waals surface area contributed by atoms with Crippen LogP contribution >= 0.6 is 22.6 Å². The number of carbonyl (C=O) groups excluding carboxylic acids is 2. The largest absolute Gasteiger partial charge is 0.493 e. The zero-order valence-corrected chi connectivity index (χ0v) is 20.8. The van der Waals surface area contributed by atoms with E-state index >= 15 is 0 Å². The van der Waals surface area contributed by atoms with Crippen molar-refractivity contribution in [3.8, 4) is 17.6 Å². The summed E-state index contributed by atoms with van der Waals surface area (Å²) < 4.78 is 11.8. The lowest BCUT2D eigenvalue weighted by Gasteiger charge is -2.14. The standard InChI is InChI=1S/C26H22IN3O4/c1-17-8-10-21(11-9-17)29-24(31)16-34-25-22(27)13-18(14-23(25)33-2)12-19(15-28)26(32)30-20-6-4-3-5-7-20/h3-14H,16H2,1-2H3,(H,29,31)(H,30,32)/b19-12+. The number of hydrogen-bond donors (Lipinski definition) is 2. The highest BCUT2D eigenvalue weighted by Gasteiger charge is 2.15. The molecule has 7 nitrogen and oxygen atoms in total. The van der Waals surface area contributed by atoms with Gasteiger partial charge >= 0.3 is 0 Å². The SMILES string of the molecule is COc1cc(/C=C(\C#N)C(=O)Nc2ccccc2)cc(I)c1OCC(=O)Nc1ccc(C)cc1. The molecule has 0 saturated heterocycles. The molecule has 34 heavy (non-hydrogen) atoms. The quantitative estimate of drug-likeness (QED) is 0.222. The van der Waals surface area contributed by atoms with Gasteiger partial charge in [-0.1, -0.05) is 35.9 Å². The van der Waals surface area contributed by atoms with Crippen LogP contribution in [0.25, 0.3) is 6.08 Å². The molecule has 0 fully saturated rings. The number of benzene rings is 3. The summed E-state index contributed by atoms with van der Waals surface area (Å²) in [7, 11) is 1.48. The van der Waals surface area contributed by atoms with Crippen LogP contribution in [0.15, 0.2) is 72.3 Å². The van der Waals surface area contributed by atoms with Crippen LogP contribution in [0.3, 0.4) is 0 Å². The number of anilines is 2. The van der Waals surface area contributed by atoms with Crippen molar-refractivity contribution < 1.29 is 19.1 Å². The molecule has 3 aromatic rings. The van der Waals surface area contributed by atoms with E-state index in [1.807, 2.05) is 43.3 Å². The van der Waals surface area contributed by atoms with Crippen LogP contribution in [-0.2, 0) is 9.59 Å². The smallest absolute Gasteiger partial charge is 0.266 e. The van der Waals surface area contributed by atoms with E-state index in [9.17, 15) is 14.9 Å². The molecule has 0 aromatic heterocycles. The molecule has 0 aliphatic rings. The molecule has 2 N–H and O–H groups in total. The first-order valence-electron chi connectivity index (χ1n) is 10.2. The van der Waals surface area contributed by atoms with Crippen molar-refractivity contribution in [2.24, 2.45) is 0 Å². The number of halogens is 1. The minimum atomic E-state index is -0.518. The van der Waals surface area contributed by atoms with E-state index in [1.54, 1.807) is 36.4 Å². The summed E-state index contributed by atoms with van der Waals surface area (Å²) in [5, 5.41) is 15.0. The molecule has 0 bridgehead atoms. The van der Waals surface area contributed by atoms with Crippen LogP contribution in [0, 0.1) is 21.8 Å². The third kappa shape index (κ3) is 6.83. The van der Waals surface area contributed by atoms with Crippen LogP contribution in [0.1, 0.15) is 11.1 Å². The molecule has 172 valence electrons. The Kier molecular flexibility index (Phi) is 8.65. The first kappa shape index (κ1) is 24.8. The Morgan fingerprint density at radius 3 is 2.35 bits per heavy atom. The van der Waals surface area contributed by atoms with Gasteiger partial charge in [-0.25, -0.2) is 0 Å². The summed E-state index contributed by atoms with van der Waals surface area (Å²) in [5.74, 6) is -0.0561. The number of aryl methyl sites for hydroxylation is 1. The van der Waals surface area contributed by atoms with Crippen LogP contribution in [0.5, 0.6) is 11.5 Å². The van der Waals surface area contributed by atoms with Crippen molar-refractivity contribution in [3.05, 3.63) is 87.0 Å². The Morgan fingerprint density at radius 2 is 1.71 bits per heavy atom. The Balaban J connectivity index is 1.72. The van der Waals surface area contributed by atoms with E-state index in [0.29, 0.717) is 32.0 Å². The number of ether oxygens (including phenoxy) is 2. The Bertz CT molecular complexity index is 1250. The van der Waals surface area contributed by atoms with Crippen LogP contribution in [0.2, 0.25) is 0 Å². The molecule has 0 radical (unpaired) electrons. The Hall–Kier alpha value is -3.84. The Morgan fingerprint density at radius 1 is 1.03 bits per heavy atom. The zero-order chi connectivity index (χ0) is 24.5. The maximum Gasteiger partial charge on any atom is 0.266 e. The fraction of sp³-hybridized carbons (Fsp3) is 0.115. The van der Waals surface area contributed by atoms with E-state index in [0.717, 1.165) is 5.56 Å². The number of rotatable bonds is 8. The summed E-state index contributed by atoms with van der Waals surface area (Å²) >= 11 is 2.05. The van der Waals surface area contributed by atoms with Gasteiger partial charge < -0.3 is 20.1 Å². The topological polar surface area (TPSA) is 100 Å². The molecular weight excluding hydrogens is 545 g/mol. The number of nitrogens with one attached hydrogen (secondary N) is 2. The molecule has 0 unspecified atom stereocenters. The van der Waals surface area contributed by atoms with Gasteiger partial charge in [-0.2, -0.15) is 5.26 Å². The fourth-order valence-corrected chi connectivity index (χ4v) is 3.75. The van der Waals surface area contributed by atoms with Crippen molar-refractivity contribution in [1.82, 2.24) is 0 Å². The molecule has 0 aliphatic heterocycles. The maximum absolute atomic E-state index is 12.5. The van der Waals surface area contributed by atoms with Crippen LogP contribution < -0.4 is 20.1 Å². The highest BCUT2D eigenvalue weighted by molar-refractivity contribution is 14.1. The van der Waals surface area contributed by atoms with Gasteiger partial charge in [0, 0.05) is 11.4 Å². The van der Waals surface area contributed by atoms with Crippen molar-refractivity contribution in [2.75, 3.05) is 24.4 Å². The predicted molar refractivity (Wildman–Crippen MR) is 140 cm³/mol.